The summed E-state index contributed by atoms with van der Waals surface area (Å²) in [6.07, 6.45) is 19.1. The smallest absolute Gasteiger partial charge is 0.253 e. The number of hydrogen-bond acceptors (Lipinski definition) is 6. The van der Waals surface area contributed by atoms with Crippen LogP contribution in [-0.2, 0) is 25.6 Å². The highest BCUT2D eigenvalue weighted by molar-refractivity contribution is 6.01. The van der Waals surface area contributed by atoms with Gasteiger partial charge >= 0.3 is 0 Å². The fraction of sp³-hybridized carbons (Fsp3) is 0.550. The average Bonchev–Trinajstić information content (AvgIpc) is 3.59. The number of nitrogens with zero attached hydrogens (tertiary/aromatic N) is 2. The van der Waals surface area contributed by atoms with Gasteiger partial charge in [0.25, 0.3) is 5.91 Å². The molecule has 1 aromatic carbocycles. The van der Waals surface area contributed by atoms with Crippen LogP contribution in [0.15, 0.2) is 60.9 Å². The zero-order chi connectivity index (χ0) is 36.1. The Kier molecular flexibility index (Phi) is 13.8. The average molecular weight is 699 g/mol. The highest BCUT2D eigenvalue weighted by Crippen LogP contribution is 2.44. The summed E-state index contributed by atoms with van der Waals surface area (Å²) in [5.41, 5.74) is 1.40. The molecule has 2 aliphatic carbocycles. The Labute approximate surface area is 301 Å². The maximum Gasteiger partial charge on any atom is 0.253 e. The molecule has 1 spiro atoms. The maximum atomic E-state index is 13.6. The van der Waals surface area contributed by atoms with Crippen molar-refractivity contribution in [3.05, 3.63) is 72.1 Å². The third-order valence-corrected chi connectivity index (χ3v) is 10.8. The summed E-state index contributed by atoms with van der Waals surface area (Å²) in [4.78, 5) is 72.6. The molecule has 0 bridgehead atoms. The molecule has 3 aliphatic rings. The molecule has 5 amide bonds. The van der Waals surface area contributed by atoms with Gasteiger partial charge in [-0.05, 0) is 86.1 Å². The zero-order valence-corrected chi connectivity index (χ0v) is 30.0. The zero-order valence-electron chi connectivity index (χ0n) is 30.0. The van der Waals surface area contributed by atoms with Crippen LogP contribution in [0.1, 0.15) is 106 Å². The highest BCUT2D eigenvalue weighted by atomic mass is 16.2. The summed E-state index contributed by atoms with van der Waals surface area (Å²) < 4.78 is 0. The molecule has 274 valence electrons. The van der Waals surface area contributed by atoms with Gasteiger partial charge in [0.05, 0.1) is 5.56 Å². The van der Waals surface area contributed by atoms with Crippen LogP contribution in [-0.4, -0.2) is 71.6 Å². The molecule has 2 saturated carbocycles. The lowest BCUT2D eigenvalue weighted by Crippen LogP contribution is -2.49. The number of allylic oxidation sites excluding steroid dienone is 1. The van der Waals surface area contributed by atoms with Crippen LogP contribution in [0.2, 0.25) is 0 Å². The van der Waals surface area contributed by atoms with E-state index in [0.717, 1.165) is 82.6 Å². The predicted octanol–water partition coefficient (Wildman–Crippen LogP) is 5.08. The molecule has 5 rings (SSSR count). The molecule has 4 N–H and O–H groups in total. The van der Waals surface area contributed by atoms with Crippen molar-refractivity contribution in [1.29, 1.82) is 0 Å². The fourth-order valence-corrected chi connectivity index (χ4v) is 7.78. The maximum absolute atomic E-state index is 13.6. The van der Waals surface area contributed by atoms with Crippen molar-refractivity contribution in [2.75, 3.05) is 25.5 Å². The minimum Gasteiger partial charge on any atom is -0.351 e. The summed E-state index contributed by atoms with van der Waals surface area (Å²) in [7, 11) is 1.85. The van der Waals surface area contributed by atoms with Crippen LogP contribution in [0.4, 0.5) is 5.69 Å². The molecule has 0 saturated heterocycles. The van der Waals surface area contributed by atoms with E-state index in [2.05, 4.69) is 26.3 Å². The number of benzene rings is 1. The molecule has 2 aromatic rings. The third-order valence-electron chi connectivity index (χ3n) is 10.8. The fourth-order valence-electron chi connectivity index (χ4n) is 7.78. The molecular weight excluding hydrogens is 644 g/mol. The quantitative estimate of drug-likeness (QED) is 0.297. The van der Waals surface area contributed by atoms with Gasteiger partial charge in [0.2, 0.25) is 23.6 Å². The Bertz CT molecular complexity index is 1520. The molecule has 11 nitrogen and oxygen atoms in total. The van der Waals surface area contributed by atoms with Crippen LogP contribution in [0.5, 0.6) is 0 Å². The monoisotopic (exact) mass is 698 g/mol. The van der Waals surface area contributed by atoms with Gasteiger partial charge < -0.3 is 26.2 Å². The molecule has 0 radical (unpaired) electrons. The first-order valence-corrected chi connectivity index (χ1v) is 18.8. The number of anilines is 1. The normalized spacial score (nSPS) is 22.3. The molecule has 1 aliphatic heterocycles. The predicted molar refractivity (Wildman–Crippen MR) is 197 cm³/mol. The van der Waals surface area contributed by atoms with Crippen molar-refractivity contribution < 1.29 is 24.0 Å². The third kappa shape index (κ3) is 11.2. The summed E-state index contributed by atoms with van der Waals surface area (Å²) in [6, 6.07) is 9.12. The molecule has 2 heterocycles. The van der Waals surface area contributed by atoms with E-state index in [1.807, 2.05) is 31.3 Å². The molecule has 51 heavy (non-hydrogen) atoms. The van der Waals surface area contributed by atoms with Gasteiger partial charge in [-0.15, -0.1) is 0 Å². The van der Waals surface area contributed by atoms with Crippen LogP contribution in [0, 0.1) is 11.3 Å². The lowest BCUT2D eigenvalue weighted by Gasteiger charge is -2.31. The second kappa shape index (κ2) is 18.6. The standard InChI is InChI=1S/C40H54N6O5/c1-46-24-11-4-2-3-10-23-42-38(50)33(44-34(47)26-40(27-35(46)48)20-8-9-21-40)25-29-16-18-32(19-17-29)43-39(51)36(30-13-6-5-7-14-30)45-37(49)31-15-12-22-41-28-31/h3,10,12,15-19,22,28,30,33,36H,2,4-9,11,13-14,20-21,23-27H2,1H3,(H,42,50)(H,43,51)(H,44,47)(H,45,49)/b10-3+/t33-,36+/m1/s1. The molecular formula is C40H54N6O5. The van der Waals surface area contributed by atoms with Crippen molar-refractivity contribution >= 4 is 35.2 Å². The first-order valence-electron chi connectivity index (χ1n) is 18.8. The number of rotatable bonds is 7. The Morgan fingerprint density at radius 2 is 1.71 bits per heavy atom. The number of pyridine rings is 1. The van der Waals surface area contributed by atoms with E-state index in [1.54, 1.807) is 35.4 Å². The second-order valence-electron chi connectivity index (χ2n) is 14.7. The minimum atomic E-state index is -0.808. The summed E-state index contributed by atoms with van der Waals surface area (Å²) >= 11 is 0. The Hall–Kier alpha value is -4.54. The Morgan fingerprint density at radius 1 is 0.941 bits per heavy atom. The lowest BCUT2D eigenvalue weighted by atomic mass is 9.78. The summed E-state index contributed by atoms with van der Waals surface area (Å²) in [5.74, 6) is -0.991. The van der Waals surface area contributed by atoms with E-state index in [4.69, 9.17) is 0 Å². The van der Waals surface area contributed by atoms with Crippen LogP contribution in [0.3, 0.4) is 0 Å². The van der Waals surface area contributed by atoms with Crippen LogP contribution < -0.4 is 21.3 Å². The molecule has 2 atom stereocenters. The van der Waals surface area contributed by atoms with Crippen molar-refractivity contribution in [2.45, 2.75) is 108 Å². The van der Waals surface area contributed by atoms with Crippen molar-refractivity contribution in [1.82, 2.24) is 25.8 Å². The van der Waals surface area contributed by atoms with Gasteiger partial charge in [-0.25, -0.2) is 0 Å². The number of carbonyl (C=O) groups is 5. The van der Waals surface area contributed by atoms with Gasteiger partial charge in [0, 0.05) is 57.5 Å². The van der Waals surface area contributed by atoms with Crippen LogP contribution >= 0.6 is 0 Å². The molecule has 1 aromatic heterocycles. The SMILES string of the molecule is CN1CCCC/C=C/CNC(=O)[C@@H](Cc2ccc(NC(=O)[C@@H](NC(=O)c3cccnc3)C3CCCCC3)cc2)NC(=O)CC2(CCCC2)CC1=O. The van der Waals surface area contributed by atoms with Gasteiger partial charge in [-0.3, -0.25) is 29.0 Å². The van der Waals surface area contributed by atoms with E-state index in [9.17, 15) is 24.0 Å². The molecule has 2 fully saturated rings. The van der Waals surface area contributed by atoms with E-state index < -0.39 is 17.5 Å². The number of carbonyl (C=O) groups excluding carboxylic acids is 5. The number of amides is 5. The largest absolute Gasteiger partial charge is 0.351 e. The first kappa shape index (κ1) is 37.7. The van der Waals surface area contributed by atoms with Gasteiger partial charge in [0.1, 0.15) is 12.1 Å². The van der Waals surface area contributed by atoms with E-state index in [-0.39, 0.29) is 48.3 Å². The van der Waals surface area contributed by atoms with Crippen molar-refractivity contribution in [2.24, 2.45) is 11.3 Å². The summed E-state index contributed by atoms with van der Waals surface area (Å²) in [5, 5.41) is 11.9. The summed E-state index contributed by atoms with van der Waals surface area (Å²) in [6.45, 7) is 1.05. The van der Waals surface area contributed by atoms with Gasteiger partial charge in [-0.1, -0.05) is 56.4 Å². The van der Waals surface area contributed by atoms with Gasteiger partial charge in [-0.2, -0.15) is 0 Å². The van der Waals surface area contributed by atoms with Crippen LogP contribution in [0.25, 0.3) is 0 Å². The van der Waals surface area contributed by atoms with E-state index in [1.165, 1.54) is 6.20 Å². The van der Waals surface area contributed by atoms with E-state index >= 15 is 0 Å². The van der Waals surface area contributed by atoms with Gasteiger partial charge in [0.15, 0.2) is 0 Å². The van der Waals surface area contributed by atoms with Crippen molar-refractivity contribution in [3.63, 3.8) is 0 Å². The molecule has 11 heteroatoms. The number of hydrogen-bond donors (Lipinski definition) is 4. The topological polar surface area (TPSA) is 150 Å². The minimum absolute atomic E-state index is 0.0334. The highest BCUT2D eigenvalue weighted by Gasteiger charge is 2.39. The number of nitrogens with one attached hydrogen (secondary N) is 4. The van der Waals surface area contributed by atoms with E-state index in [0.29, 0.717) is 30.8 Å². The van der Waals surface area contributed by atoms with Crippen molar-refractivity contribution in [3.8, 4) is 0 Å². The Morgan fingerprint density at radius 3 is 2.43 bits per heavy atom. The second-order valence-corrected chi connectivity index (χ2v) is 14.7. The Balaban J connectivity index is 1.26. The molecule has 0 unspecified atom stereocenters. The lowest BCUT2D eigenvalue weighted by molar-refractivity contribution is -0.134. The first-order chi connectivity index (χ1) is 24.7. The number of aromatic nitrogens is 1.